The number of carbonyl (C=O) groups excluding carboxylic acids is 8. The van der Waals surface area contributed by atoms with Crippen molar-refractivity contribution < 1.29 is 72.8 Å². The van der Waals surface area contributed by atoms with E-state index in [1.54, 1.807) is 60.5 Å². The fourth-order valence-electron chi connectivity index (χ4n) is 10.3. The van der Waals surface area contributed by atoms with Gasteiger partial charge in [0, 0.05) is 101 Å². The highest BCUT2D eigenvalue weighted by molar-refractivity contribution is 8.76. The average molecular weight is 1360 g/mol. The van der Waals surface area contributed by atoms with Gasteiger partial charge in [-0.15, -0.1) is 0 Å². The van der Waals surface area contributed by atoms with Gasteiger partial charge in [0.25, 0.3) is 17.7 Å². The van der Waals surface area contributed by atoms with E-state index in [0.29, 0.717) is 63.3 Å². The van der Waals surface area contributed by atoms with Crippen LogP contribution in [0.1, 0.15) is 85.2 Å². The molecule has 1 aliphatic rings. The zero-order valence-electron chi connectivity index (χ0n) is 51.8. The van der Waals surface area contributed by atoms with Crippen LogP contribution in [0, 0.1) is 0 Å². The SMILES string of the molecule is CNC(N)=Nc1ncc(CNc2ccc(C(=O)NC(CCC(=O)NCC(N)C(=O)NC(CC(=O)O)C(=O)NC(CSSCCNC(=O)Oc3cc4c(c5ccccc35)C(C)CN4C(=O)c3cc4cc(NC(=O)c5cc6ccccc6[nH]5)ccc4[nH]3)C(=O)O)C(=O)O)cc2)nc1C=O. The molecule has 9 rings (SSSR count). The number of aliphatic imine (C=N–C) groups is 1. The number of guanidine groups is 1. The van der Waals surface area contributed by atoms with Gasteiger partial charge in [-0.05, 0) is 78.0 Å². The number of hydrogen-bond acceptors (Lipinski definition) is 19. The Morgan fingerprint density at radius 3 is 2.19 bits per heavy atom. The Morgan fingerprint density at radius 1 is 0.773 bits per heavy atom. The first-order valence-corrected chi connectivity index (χ1v) is 32.4. The maximum Gasteiger partial charge on any atom is 0.412 e. The Balaban J connectivity index is 0.698. The number of fused-ring (bicyclic) bond motifs is 5. The summed E-state index contributed by atoms with van der Waals surface area (Å²) in [6.45, 7) is 1.94. The maximum atomic E-state index is 14.4. The molecule has 0 saturated heterocycles. The standard InChI is InChI=1S/C64H66N16O15S2/c1-32-29-80(60(89)47-23-35-21-37(15-16-43(35)75-47)73-58(87)45-22-34-7-3-6-10-42(34)74-45)50-25-51(39-8-4-5-9-40(39)54(32)50)95-64(94)68-19-20-96-97-31-49(62(92)93)78-59(88)46(24-53(83)84)77-57(86)41(65)28-70-52(82)18-17-44(61(90)91)76-56(85)33-11-13-36(14-12-33)69-26-38-27-71-55(48(30-81)72-38)79-63(66)67-2/h3-16,21-23,25,27,30,32,41,44,46,49,69,74-75H,17-20,24,26,28-29,31,65H2,1-2H3,(H,68,94)(H,70,82)(H,73,87)(H,76,85)(H,77,86)(H,78,88)(H,83,84)(H,90,91)(H,92,93)(H3,66,67,71,79). The van der Waals surface area contributed by atoms with Crippen LogP contribution in [0.25, 0.3) is 32.6 Å². The van der Waals surface area contributed by atoms with Crippen molar-refractivity contribution in [3.63, 3.8) is 0 Å². The van der Waals surface area contributed by atoms with E-state index < -0.39 is 97.6 Å². The number of nitrogens with zero attached hydrogens (tertiary/aromatic N) is 4. The molecule has 0 spiro atoms. The molecule has 0 fully saturated rings. The molecule has 5 aromatic carbocycles. The van der Waals surface area contributed by atoms with E-state index in [-0.39, 0.29) is 71.1 Å². The highest BCUT2D eigenvalue weighted by Crippen LogP contribution is 2.45. The van der Waals surface area contributed by atoms with Crippen molar-refractivity contribution in [1.82, 2.24) is 51.8 Å². The van der Waals surface area contributed by atoms with Crippen LogP contribution >= 0.6 is 21.6 Å². The smallest absolute Gasteiger partial charge is 0.412 e. The molecule has 33 heteroatoms. The largest absolute Gasteiger partial charge is 0.481 e. The molecule has 5 unspecified atom stereocenters. The predicted octanol–water partition coefficient (Wildman–Crippen LogP) is 4.30. The summed E-state index contributed by atoms with van der Waals surface area (Å²) in [5.41, 5.74) is 16.7. The summed E-state index contributed by atoms with van der Waals surface area (Å²) < 4.78 is 5.86. The molecule has 5 atom stereocenters. The van der Waals surface area contributed by atoms with Crippen molar-refractivity contribution in [1.29, 1.82) is 0 Å². The van der Waals surface area contributed by atoms with Gasteiger partial charge in [0.2, 0.25) is 17.7 Å². The quantitative estimate of drug-likeness (QED) is 0.00980. The fraction of sp³-hybridized carbons (Fsp3) is 0.250. The van der Waals surface area contributed by atoms with Crippen molar-refractivity contribution >= 4 is 149 Å². The first-order chi connectivity index (χ1) is 46.5. The second kappa shape index (κ2) is 32.0. The highest BCUT2D eigenvalue weighted by atomic mass is 33.1. The molecule has 1 aliphatic heterocycles. The first kappa shape index (κ1) is 69.8. The number of hydrogen-bond donors (Lipinski definition) is 15. The molecule has 0 aliphatic carbocycles. The van der Waals surface area contributed by atoms with Crippen molar-refractivity contribution in [3.05, 3.63) is 149 Å². The molecule has 4 heterocycles. The van der Waals surface area contributed by atoms with Crippen LogP contribution in [0.4, 0.5) is 27.7 Å². The van der Waals surface area contributed by atoms with Gasteiger partial charge in [-0.25, -0.2) is 24.4 Å². The molecule has 0 radical (unpaired) electrons. The molecule has 3 aromatic heterocycles. The summed E-state index contributed by atoms with van der Waals surface area (Å²) in [6, 6.07) is 24.7. The molecule has 0 saturated carbocycles. The number of anilines is 3. The lowest BCUT2D eigenvalue weighted by Crippen LogP contribution is -2.57. The zero-order valence-corrected chi connectivity index (χ0v) is 53.4. The van der Waals surface area contributed by atoms with Crippen LogP contribution in [0.2, 0.25) is 0 Å². The third kappa shape index (κ3) is 18.0. The second-order valence-corrected chi connectivity index (χ2v) is 24.7. The van der Waals surface area contributed by atoms with Gasteiger partial charge in [-0.1, -0.05) is 71.0 Å². The van der Waals surface area contributed by atoms with Crippen LogP contribution in [0.3, 0.4) is 0 Å². The number of nitrogens with one attached hydrogen (secondary N) is 10. The van der Waals surface area contributed by atoms with Gasteiger partial charge in [-0.3, -0.25) is 38.4 Å². The van der Waals surface area contributed by atoms with E-state index in [1.165, 1.54) is 30.5 Å². The Kier molecular flexibility index (Phi) is 23.0. The number of aldehydes is 1. The highest BCUT2D eigenvalue weighted by Gasteiger charge is 2.35. The van der Waals surface area contributed by atoms with Crippen molar-refractivity contribution in [2.45, 2.75) is 62.8 Å². The first-order valence-electron chi connectivity index (χ1n) is 29.9. The van der Waals surface area contributed by atoms with Gasteiger partial charge < -0.3 is 88.9 Å². The van der Waals surface area contributed by atoms with Gasteiger partial charge in [0.05, 0.1) is 30.5 Å². The van der Waals surface area contributed by atoms with Crippen LogP contribution in [-0.4, -0.2) is 169 Å². The number of para-hydroxylation sites is 1. The van der Waals surface area contributed by atoms with E-state index in [4.69, 9.17) is 16.2 Å². The van der Waals surface area contributed by atoms with E-state index in [9.17, 15) is 68.1 Å². The number of ether oxygens (including phenoxy) is 1. The topological polar surface area (TPSA) is 479 Å². The summed E-state index contributed by atoms with van der Waals surface area (Å²) in [7, 11) is 3.69. The van der Waals surface area contributed by atoms with Crippen LogP contribution in [-0.2, 0) is 35.3 Å². The Labute approximate surface area is 558 Å². The fourth-order valence-corrected chi connectivity index (χ4v) is 12.3. The minimum Gasteiger partial charge on any atom is -0.481 e. The number of carboxylic acids is 3. The predicted molar refractivity (Wildman–Crippen MR) is 362 cm³/mol. The number of carboxylic acid groups (broad SMARTS) is 3. The van der Waals surface area contributed by atoms with Crippen LogP contribution in [0.15, 0.2) is 120 Å². The van der Waals surface area contributed by atoms with Crippen LogP contribution < -0.4 is 63.6 Å². The Hall–Kier alpha value is -11.6. The van der Waals surface area contributed by atoms with Gasteiger partial charge in [0.1, 0.15) is 47.0 Å². The summed E-state index contributed by atoms with van der Waals surface area (Å²) in [4.78, 5) is 161. The zero-order chi connectivity index (χ0) is 69.4. The number of carbonyl (C=O) groups is 11. The molecule has 0 bridgehead atoms. The lowest BCUT2D eigenvalue weighted by molar-refractivity contribution is -0.143. The summed E-state index contributed by atoms with van der Waals surface area (Å²) in [5.74, 6) is -8.84. The maximum absolute atomic E-state index is 14.4. The number of amides is 7. The van der Waals surface area contributed by atoms with E-state index in [2.05, 4.69) is 67.5 Å². The summed E-state index contributed by atoms with van der Waals surface area (Å²) in [5, 5.41) is 52.7. The second-order valence-electron chi connectivity index (χ2n) is 22.0. The number of nitrogens with two attached hydrogens (primary N) is 2. The third-order valence-corrected chi connectivity index (χ3v) is 17.6. The number of aliphatic carboxylic acids is 3. The minimum atomic E-state index is -1.82. The molecule has 17 N–H and O–H groups in total. The molecular weight excluding hydrogens is 1300 g/mol. The van der Waals surface area contributed by atoms with Crippen molar-refractivity contribution in [3.8, 4) is 5.75 Å². The summed E-state index contributed by atoms with van der Waals surface area (Å²) >= 11 is 0. The molecule has 97 heavy (non-hydrogen) atoms. The van der Waals surface area contributed by atoms with Crippen LogP contribution in [0.5, 0.6) is 5.75 Å². The Bertz CT molecular complexity index is 4360. The van der Waals surface area contributed by atoms with E-state index in [0.717, 1.165) is 43.4 Å². The molecule has 8 aromatic rings. The normalized spacial score (nSPS) is 13.9. The van der Waals surface area contributed by atoms with Gasteiger partial charge in [-0.2, -0.15) is 4.99 Å². The molecule has 7 amide bonds. The summed E-state index contributed by atoms with van der Waals surface area (Å²) in [6.07, 6.45) is -0.789. The average Bonchev–Trinajstić information content (AvgIpc) is 1.62. The van der Waals surface area contributed by atoms with Gasteiger partial charge >= 0.3 is 24.0 Å². The minimum absolute atomic E-state index is 0.0208. The van der Waals surface area contributed by atoms with Crippen molar-refractivity contribution in [2.24, 2.45) is 16.5 Å². The monoisotopic (exact) mass is 1360 g/mol. The van der Waals surface area contributed by atoms with Gasteiger partial charge in [0.15, 0.2) is 18.1 Å². The molecule has 504 valence electrons. The lowest BCUT2D eigenvalue weighted by Gasteiger charge is -2.22. The van der Waals surface area contributed by atoms with E-state index in [1.807, 2.05) is 43.3 Å². The number of aromatic nitrogens is 4. The Morgan fingerprint density at radius 2 is 1.46 bits per heavy atom. The number of H-pyrrole nitrogens is 2. The van der Waals surface area contributed by atoms with E-state index >= 15 is 0 Å². The lowest BCUT2D eigenvalue weighted by atomic mass is 9.95. The number of aromatic amines is 2. The van der Waals surface area contributed by atoms with Crippen molar-refractivity contribution in [2.75, 3.05) is 53.7 Å². The molecule has 31 nitrogen and oxygen atoms in total. The third-order valence-electron chi connectivity index (χ3n) is 15.2. The number of rotatable bonds is 30. The molecular formula is C64H66N16O15S2. The number of benzene rings is 5.